The highest BCUT2D eigenvalue weighted by Crippen LogP contribution is 2.14. The molecular weight excluding hydrogens is 366 g/mol. The lowest BCUT2D eigenvalue weighted by molar-refractivity contribution is -0.384. The number of nitro groups is 1. The number of carbonyl (C=O) groups excluding carboxylic acids is 1. The van der Waals surface area contributed by atoms with Crippen LogP contribution in [0.1, 0.15) is 27.4 Å². The number of anilines is 1. The molecule has 28 heavy (non-hydrogen) atoms. The van der Waals surface area contributed by atoms with Crippen molar-refractivity contribution in [3.8, 4) is 0 Å². The molecule has 2 N–H and O–H groups in total. The van der Waals surface area contributed by atoms with Crippen LogP contribution in [-0.2, 0) is 17.7 Å². The molecule has 1 aromatic carbocycles. The first kappa shape index (κ1) is 18.9. The Morgan fingerprint density at radius 3 is 2.96 bits per heavy atom. The zero-order valence-corrected chi connectivity index (χ0v) is 15.0. The average molecular weight is 383 g/mol. The Kier molecular flexibility index (Phi) is 5.53. The lowest BCUT2D eigenvalue weighted by Crippen LogP contribution is -2.09. The zero-order valence-electron chi connectivity index (χ0n) is 15.0. The number of hydrogen-bond donors (Lipinski definition) is 1. The third-order valence-electron chi connectivity index (χ3n) is 3.82. The van der Waals surface area contributed by atoms with Crippen molar-refractivity contribution in [2.45, 2.75) is 19.9 Å². The molecule has 0 bridgehead atoms. The predicted octanol–water partition coefficient (Wildman–Crippen LogP) is 1.31. The van der Waals surface area contributed by atoms with Crippen molar-refractivity contribution < 1.29 is 14.5 Å². The van der Waals surface area contributed by atoms with Gasteiger partial charge in [0.25, 0.3) is 5.69 Å². The van der Waals surface area contributed by atoms with Crippen LogP contribution < -0.4 is 5.73 Å². The van der Waals surface area contributed by atoms with Crippen molar-refractivity contribution in [2.75, 3.05) is 12.3 Å². The second-order valence-corrected chi connectivity index (χ2v) is 5.93. The summed E-state index contributed by atoms with van der Waals surface area (Å²) >= 11 is 0. The first-order chi connectivity index (χ1) is 13.4. The van der Waals surface area contributed by atoms with E-state index < -0.39 is 10.9 Å². The van der Waals surface area contributed by atoms with Crippen molar-refractivity contribution in [1.29, 1.82) is 0 Å². The van der Waals surface area contributed by atoms with Crippen LogP contribution in [0.25, 0.3) is 0 Å². The number of nitro benzene ring substituents is 1. The molecule has 3 rings (SSSR count). The van der Waals surface area contributed by atoms with Gasteiger partial charge in [-0.25, -0.2) is 19.4 Å². The van der Waals surface area contributed by atoms with Crippen LogP contribution in [0.4, 0.5) is 11.5 Å². The van der Waals surface area contributed by atoms with Gasteiger partial charge in [0.2, 0.25) is 0 Å². The predicted molar refractivity (Wildman–Crippen MR) is 97.4 cm³/mol. The van der Waals surface area contributed by atoms with Gasteiger partial charge < -0.3 is 10.5 Å². The van der Waals surface area contributed by atoms with Crippen molar-refractivity contribution in [2.24, 2.45) is 0 Å². The minimum Gasteiger partial charge on any atom is -0.462 e. The topological polar surface area (TPSA) is 152 Å². The molecule has 11 heteroatoms. The molecule has 0 saturated carbocycles. The van der Waals surface area contributed by atoms with Crippen molar-refractivity contribution >= 4 is 17.5 Å². The van der Waals surface area contributed by atoms with Crippen LogP contribution in [0.15, 0.2) is 36.7 Å². The second-order valence-electron chi connectivity index (χ2n) is 5.93. The average Bonchev–Trinajstić information content (AvgIpc) is 3.11. The highest BCUT2D eigenvalue weighted by atomic mass is 16.6. The van der Waals surface area contributed by atoms with E-state index in [0.717, 1.165) is 5.56 Å². The highest BCUT2D eigenvalue weighted by Gasteiger charge is 2.13. The number of carbonyl (C=O) groups is 1. The van der Waals surface area contributed by atoms with Crippen molar-refractivity contribution in [1.82, 2.24) is 25.0 Å². The first-order valence-corrected chi connectivity index (χ1v) is 8.31. The summed E-state index contributed by atoms with van der Waals surface area (Å²) in [5.74, 6) is 0.335. The second kappa shape index (κ2) is 8.20. The molecule has 0 fully saturated rings. The third kappa shape index (κ3) is 4.63. The Bertz CT molecular complexity index is 1020. The molecule has 0 radical (unpaired) electrons. The molecule has 0 amide bonds. The molecule has 2 heterocycles. The van der Waals surface area contributed by atoms with Gasteiger partial charge in [0.05, 0.1) is 29.3 Å². The van der Waals surface area contributed by atoms with Crippen LogP contribution in [0, 0.1) is 17.0 Å². The summed E-state index contributed by atoms with van der Waals surface area (Å²) in [6, 6.07) is 5.37. The van der Waals surface area contributed by atoms with Gasteiger partial charge in [-0.05, 0) is 13.0 Å². The number of nitrogens with zero attached hydrogens (tertiary/aromatic N) is 6. The van der Waals surface area contributed by atoms with E-state index in [1.807, 2.05) is 0 Å². The van der Waals surface area contributed by atoms with Gasteiger partial charge in [0.15, 0.2) is 0 Å². The molecule has 0 saturated heterocycles. The maximum absolute atomic E-state index is 12.0. The fourth-order valence-electron chi connectivity index (χ4n) is 2.42. The van der Waals surface area contributed by atoms with Crippen LogP contribution in [0.2, 0.25) is 0 Å². The number of esters is 1. The number of aryl methyl sites for hydroxylation is 1. The third-order valence-corrected chi connectivity index (χ3v) is 3.82. The highest BCUT2D eigenvalue weighted by molar-refractivity contribution is 5.90. The molecule has 3 aromatic rings. The number of aromatic nitrogens is 5. The number of ether oxygens (including phenoxy) is 1. The monoisotopic (exact) mass is 383 g/mol. The molecule has 0 spiro atoms. The Labute approximate surface area is 159 Å². The quantitative estimate of drug-likeness (QED) is 0.361. The largest absolute Gasteiger partial charge is 0.462 e. The Morgan fingerprint density at radius 2 is 2.21 bits per heavy atom. The summed E-state index contributed by atoms with van der Waals surface area (Å²) in [6.07, 6.45) is 3.70. The minimum atomic E-state index is -0.638. The fraction of sp³-hybridized carbons (Fsp3) is 0.235. The lowest BCUT2D eigenvalue weighted by atomic mass is 10.2. The number of hydrogen-bond acceptors (Lipinski definition) is 9. The number of non-ortho nitro benzene ring substituents is 1. The number of nitrogen functional groups attached to an aromatic ring is 1. The Morgan fingerprint density at radius 1 is 1.39 bits per heavy atom. The number of benzene rings is 1. The maximum atomic E-state index is 12.0. The van der Waals surface area contributed by atoms with Gasteiger partial charge in [-0.1, -0.05) is 11.3 Å². The van der Waals surface area contributed by atoms with Gasteiger partial charge in [-0.3, -0.25) is 10.1 Å². The Balaban J connectivity index is 1.54. The van der Waals surface area contributed by atoms with Gasteiger partial charge in [0, 0.05) is 36.5 Å². The first-order valence-electron chi connectivity index (χ1n) is 8.31. The van der Waals surface area contributed by atoms with Crippen molar-refractivity contribution in [3.05, 3.63) is 69.4 Å². The van der Waals surface area contributed by atoms with Crippen LogP contribution in [-0.4, -0.2) is 42.5 Å². The molecule has 0 atom stereocenters. The van der Waals surface area contributed by atoms with Gasteiger partial charge in [-0.2, -0.15) is 0 Å². The maximum Gasteiger partial charge on any atom is 0.338 e. The van der Waals surface area contributed by atoms with Crippen LogP contribution in [0.3, 0.4) is 0 Å². The summed E-state index contributed by atoms with van der Waals surface area (Å²) in [5, 5.41) is 18.8. The molecule has 0 aliphatic carbocycles. The van der Waals surface area contributed by atoms with Gasteiger partial charge in [0.1, 0.15) is 11.6 Å². The summed E-state index contributed by atoms with van der Waals surface area (Å²) < 4.78 is 6.73. The molecule has 0 unspecified atom stereocenters. The lowest BCUT2D eigenvalue weighted by Gasteiger charge is -2.04. The molecular formula is C17H17N7O4. The zero-order chi connectivity index (χ0) is 20.1. The normalized spacial score (nSPS) is 10.6. The van der Waals surface area contributed by atoms with E-state index in [0.29, 0.717) is 30.3 Å². The Hall–Kier alpha value is -3.89. The summed E-state index contributed by atoms with van der Waals surface area (Å²) in [5.41, 5.74) is 7.16. The van der Waals surface area contributed by atoms with E-state index in [2.05, 4.69) is 20.3 Å². The van der Waals surface area contributed by atoms with Crippen LogP contribution in [0.5, 0.6) is 0 Å². The van der Waals surface area contributed by atoms with E-state index in [-0.39, 0.29) is 17.9 Å². The van der Waals surface area contributed by atoms with E-state index in [1.165, 1.54) is 24.3 Å². The van der Waals surface area contributed by atoms with E-state index in [9.17, 15) is 14.9 Å². The van der Waals surface area contributed by atoms with Gasteiger partial charge in [-0.15, -0.1) is 5.10 Å². The SMILES string of the molecule is Cc1ncc(Cn2cc(CCOC(=O)c3cccc([N+](=O)[O-])c3)nn2)c(N)n1. The standard InChI is InChI=1S/C17H17N7O4/c1-11-19-8-13(16(18)20-11)9-23-10-14(21-22-23)5-6-28-17(25)12-3-2-4-15(7-12)24(26)27/h2-4,7-8,10H,5-6,9H2,1H3,(H2,18,19,20). The molecule has 2 aromatic heterocycles. The van der Waals surface area contributed by atoms with Crippen molar-refractivity contribution in [3.63, 3.8) is 0 Å². The van der Waals surface area contributed by atoms with Gasteiger partial charge >= 0.3 is 5.97 Å². The number of rotatable bonds is 7. The number of nitrogens with two attached hydrogens (primary N) is 1. The molecule has 144 valence electrons. The minimum absolute atomic E-state index is 0.0655. The van der Waals surface area contributed by atoms with E-state index >= 15 is 0 Å². The molecule has 11 nitrogen and oxygen atoms in total. The molecule has 0 aliphatic rings. The fourth-order valence-corrected chi connectivity index (χ4v) is 2.42. The molecule has 0 aliphatic heterocycles. The van der Waals surface area contributed by atoms with E-state index in [4.69, 9.17) is 10.5 Å². The smallest absolute Gasteiger partial charge is 0.338 e. The summed E-state index contributed by atoms with van der Waals surface area (Å²) in [6.45, 7) is 2.19. The summed E-state index contributed by atoms with van der Waals surface area (Å²) in [7, 11) is 0. The van der Waals surface area contributed by atoms with Crippen LogP contribution >= 0.6 is 0 Å². The van der Waals surface area contributed by atoms with E-state index in [1.54, 1.807) is 24.0 Å². The summed E-state index contributed by atoms with van der Waals surface area (Å²) in [4.78, 5) is 30.4.